The minimum atomic E-state index is -0.0660. The van der Waals surface area contributed by atoms with Crippen LogP contribution in [-0.2, 0) is 4.79 Å². The molecule has 60 valence electrons. The van der Waals surface area contributed by atoms with Crippen LogP contribution in [0, 0.1) is 5.41 Å². The van der Waals surface area contributed by atoms with Gasteiger partial charge in [0.25, 0.3) is 0 Å². The fraction of sp³-hybridized carbons (Fsp3) is 0.857. The summed E-state index contributed by atoms with van der Waals surface area (Å²) < 4.78 is 0.671. The number of hydrogen-bond donors (Lipinski definition) is 0. The molecule has 10 heavy (non-hydrogen) atoms. The van der Waals surface area contributed by atoms with Gasteiger partial charge in [-0.25, -0.2) is 0 Å². The Labute approximate surface area is 75.7 Å². The van der Waals surface area contributed by atoms with Gasteiger partial charge in [-0.1, -0.05) is 0 Å². The predicted octanol–water partition coefficient (Wildman–Crippen LogP) is 1.46. The van der Waals surface area contributed by atoms with Gasteiger partial charge in [0.2, 0.25) is 0 Å². The van der Waals surface area contributed by atoms with E-state index in [1.54, 1.807) is 0 Å². The molecule has 0 bridgehead atoms. The second kappa shape index (κ2) is 4.56. The average molecular weight is 272 g/mol. The fourth-order valence-corrected chi connectivity index (χ4v) is 6.04. The monoisotopic (exact) mass is 274 g/mol. The maximum absolute atomic E-state index is 10.6. The summed E-state index contributed by atoms with van der Waals surface area (Å²) in [6.07, 6.45) is 1.11. The molecule has 0 unspecified atom stereocenters. The predicted molar refractivity (Wildman–Crippen MR) is 46.8 cm³/mol. The summed E-state index contributed by atoms with van der Waals surface area (Å²) in [4.78, 5) is 10.6. The van der Waals surface area contributed by atoms with Crippen molar-refractivity contribution >= 4 is 36.2 Å². The summed E-state index contributed by atoms with van der Waals surface area (Å²) in [7, 11) is 0. The van der Waals surface area contributed by atoms with Crippen molar-refractivity contribution in [3.63, 3.8) is 0 Å². The van der Waals surface area contributed by atoms with Gasteiger partial charge in [-0.3, -0.25) is 0 Å². The molecule has 0 atom stereocenters. The Hall–Kier alpha value is 0.709. The van der Waals surface area contributed by atoms with Gasteiger partial charge in [-0.05, 0) is 0 Å². The zero-order chi connectivity index (χ0) is 8.20. The van der Waals surface area contributed by atoms with Crippen LogP contribution in [0.25, 0.3) is 0 Å². The van der Waals surface area contributed by atoms with Gasteiger partial charge >= 0.3 is 75.6 Å². The van der Waals surface area contributed by atoms with Gasteiger partial charge in [-0.15, -0.1) is 0 Å². The summed E-state index contributed by atoms with van der Waals surface area (Å²) in [5, 5.41) is 0. The third kappa shape index (κ3) is 2.75. The molecule has 0 aromatic heterocycles. The topological polar surface area (TPSA) is 17.1 Å². The van der Waals surface area contributed by atoms with E-state index in [-0.39, 0.29) is 5.41 Å². The molecule has 0 fully saturated rings. The maximum atomic E-state index is 10.6. The van der Waals surface area contributed by atoms with Crippen LogP contribution in [0.5, 0.6) is 0 Å². The molecule has 0 saturated carbocycles. The summed E-state index contributed by atoms with van der Waals surface area (Å²) in [5.74, 6) is 4.43. The van der Waals surface area contributed by atoms with Crippen LogP contribution in [0.4, 0.5) is 0 Å². The third-order valence-corrected chi connectivity index (χ3v) is 9.88. The number of aldehydes is 1. The van der Waals surface area contributed by atoms with Gasteiger partial charge in [0.1, 0.15) is 0 Å². The molecule has 0 radical (unpaired) electrons. The molecule has 3 heteroatoms. The van der Waals surface area contributed by atoms with Crippen molar-refractivity contribution < 1.29 is 4.79 Å². The van der Waals surface area contributed by atoms with Crippen LogP contribution in [0.2, 0.25) is 15.4 Å². The van der Waals surface area contributed by atoms with E-state index in [2.05, 4.69) is 11.6 Å². The molecule has 0 N–H and O–H groups in total. The van der Waals surface area contributed by atoms with Crippen molar-refractivity contribution in [1.29, 1.82) is 0 Å². The van der Waals surface area contributed by atoms with Crippen molar-refractivity contribution in [3.8, 4) is 0 Å². The van der Waals surface area contributed by atoms with Gasteiger partial charge in [0.05, 0.1) is 0 Å². The molecule has 0 rings (SSSR count). The van der Waals surface area contributed by atoms with Crippen LogP contribution < -0.4 is 0 Å². The molecule has 0 amide bonds. The molecule has 0 aromatic rings. The first-order valence-corrected chi connectivity index (χ1v) is 8.51. The van der Waals surface area contributed by atoms with Crippen molar-refractivity contribution in [2.24, 2.45) is 5.41 Å². The second-order valence-corrected chi connectivity index (χ2v) is 8.21. The zero-order valence-corrected chi connectivity index (χ0v) is 10.3. The Kier molecular flexibility index (Phi) is 4.88. The number of rotatable bonds is 4. The summed E-state index contributed by atoms with van der Waals surface area (Å²) in [6.45, 7) is 4.09. The SMILES string of the molecule is C[Se]C([Se]C)C(C)(C)C=O. The third-order valence-electron chi connectivity index (χ3n) is 1.34. The van der Waals surface area contributed by atoms with E-state index in [1.165, 1.54) is 0 Å². The molecule has 0 aliphatic heterocycles. The molecule has 0 spiro atoms. The summed E-state index contributed by atoms with van der Waals surface area (Å²) in [5.41, 5.74) is -0.0660. The van der Waals surface area contributed by atoms with Crippen LogP contribution >= 0.6 is 0 Å². The molecule has 1 nitrogen and oxygen atoms in total. The van der Waals surface area contributed by atoms with Crippen molar-refractivity contribution in [2.75, 3.05) is 0 Å². The van der Waals surface area contributed by atoms with E-state index >= 15 is 0 Å². The van der Waals surface area contributed by atoms with Gasteiger partial charge in [0.15, 0.2) is 0 Å². The fourth-order valence-electron chi connectivity index (χ4n) is 0.759. The van der Waals surface area contributed by atoms with Crippen LogP contribution in [0.3, 0.4) is 0 Å². The number of hydrogen-bond acceptors (Lipinski definition) is 1. The Balaban J connectivity index is 4.10. The molecule has 0 heterocycles. The quantitative estimate of drug-likeness (QED) is 0.559. The first-order chi connectivity index (χ1) is 4.58. The van der Waals surface area contributed by atoms with Gasteiger partial charge in [-0.2, -0.15) is 0 Å². The van der Waals surface area contributed by atoms with Crippen LogP contribution in [0.15, 0.2) is 0 Å². The normalized spacial score (nSPS) is 12.1. The molecular weight excluding hydrogens is 258 g/mol. The van der Waals surface area contributed by atoms with Crippen molar-refractivity contribution in [1.82, 2.24) is 0 Å². The molecule has 0 saturated heterocycles. The van der Waals surface area contributed by atoms with E-state index in [1.807, 2.05) is 13.8 Å². The standard InChI is InChI=1S/C7H14OSe2/c1-7(2,5-8)6(9-3)10-4/h5-6H,1-4H3. The van der Waals surface area contributed by atoms with Gasteiger partial charge < -0.3 is 0 Å². The van der Waals surface area contributed by atoms with Crippen molar-refractivity contribution in [3.05, 3.63) is 0 Å². The second-order valence-electron chi connectivity index (χ2n) is 2.74. The summed E-state index contributed by atoms with van der Waals surface area (Å²) >= 11 is 1.25. The molecular formula is C7H14OSe2. The molecule has 0 aliphatic carbocycles. The van der Waals surface area contributed by atoms with Crippen LogP contribution in [-0.4, -0.2) is 36.2 Å². The molecule has 0 aromatic carbocycles. The number of carbonyl (C=O) groups is 1. The van der Waals surface area contributed by atoms with Crippen LogP contribution in [0.1, 0.15) is 13.8 Å². The van der Waals surface area contributed by atoms with Gasteiger partial charge in [0, 0.05) is 0 Å². The van der Waals surface area contributed by atoms with Crippen molar-refractivity contribution in [2.45, 2.75) is 29.2 Å². The first kappa shape index (κ1) is 10.7. The van der Waals surface area contributed by atoms with E-state index in [9.17, 15) is 4.79 Å². The Morgan fingerprint density at radius 2 is 1.70 bits per heavy atom. The Bertz CT molecular complexity index is 108. The van der Waals surface area contributed by atoms with E-state index < -0.39 is 0 Å². The Morgan fingerprint density at radius 3 is 1.80 bits per heavy atom. The number of carbonyl (C=O) groups excluding carboxylic acids is 1. The Morgan fingerprint density at radius 1 is 1.30 bits per heavy atom. The minimum absolute atomic E-state index is 0.0660. The molecule has 0 aliphatic rings. The van der Waals surface area contributed by atoms with E-state index in [4.69, 9.17) is 0 Å². The first-order valence-electron chi connectivity index (χ1n) is 3.10. The zero-order valence-electron chi connectivity index (χ0n) is 6.88. The van der Waals surface area contributed by atoms with E-state index in [0.29, 0.717) is 33.6 Å². The average Bonchev–Trinajstić information content (AvgIpc) is 1.90. The van der Waals surface area contributed by atoms with E-state index in [0.717, 1.165) is 6.29 Å². The summed E-state index contributed by atoms with van der Waals surface area (Å²) in [6, 6.07) is 0.